The number of rotatable bonds is 10. The van der Waals surface area contributed by atoms with Gasteiger partial charge in [0.2, 0.25) is 11.8 Å². The van der Waals surface area contributed by atoms with Crippen molar-refractivity contribution in [2.75, 3.05) is 42.7 Å². The van der Waals surface area contributed by atoms with Gasteiger partial charge in [-0.25, -0.2) is 18.7 Å². The highest BCUT2D eigenvalue weighted by atomic mass is 19.4. The van der Waals surface area contributed by atoms with Crippen molar-refractivity contribution in [3.8, 4) is 17.1 Å². The molecule has 246 valence electrons. The number of nitrogen functional groups attached to an aromatic ring is 2. The Hall–Kier alpha value is -3.70. The Morgan fingerprint density at radius 1 is 1.13 bits per heavy atom. The summed E-state index contributed by atoms with van der Waals surface area (Å²) in [4.78, 5) is 13.8. The number of aliphatic hydroxyl groups is 1. The number of ether oxygens (including phenoxy) is 2. The van der Waals surface area contributed by atoms with Crippen LogP contribution in [0.1, 0.15) is 44.2 Å². The van der Waals surface area contributed by atoms with Crippen LogP contribution in [0.3, 0.4) is 0 Å². The normalized spacial score (nSPS) is 22.4. The van der Waals surface area contributed by atoms with Crippen LogP contribution in [0.15, 0.2) is 6.07 Å². The lowest BCUT2D eigenvalue weighted by atomic mass is 9.85. The number of fused-ring (bicyclic) bond motifs is 1. The molecule has 0 radical (unpaired) electrons. The number of nitrogens with two attached hydrogens (primary N) is 2. The van der Waals surface area contributed by atoms with E-state index in [0.717, 1.165) is 19.9 Å². The zero-order valence-corrected chi connectivity index (χ0v) is 24.5. The zero-order chi connectivity index (χ0) is 33.1. The number of halogens is 7. The zero-order valence-electron chi connectivity index (χ0n) is 24.5. The molecule has 0 spiro atoms. The molecule has 0 amide bonds. The van der Waals surface area contributed by atoms with Gasteiger partial charge >= 0.3 is 12.8 Å². The number of alkyl halides is 5. The van der Waals surface area contributed by atoms with Crippen LogP contribution in [0.5, 0.6) is 5.88 Å². The van der Waals surface area contributed by atoms with Crippen molar-refractivity contribution < 1.29 is 45.3 Å². The first-order chi connectivity index (χ1) is 21.0. The van der Waals surface area contributed by atoms with Crippen molar-refractivity contribution >= 4 is 28.4 Å². The first kappa shape index (κ1) is 32.7. The number of pyridine rings is 1. The second kappa shape index (κ2) is 11.6. The molecule has 3 aromatic rings. The first-order valence-corrected chi connectivity index (χ1v) is 14.0. The number of benzene rings is 1. The van der Waals surface area contributed by atoms with Crippen LogP contribution in [0.4, 0.5) is 48.2 Å². The van der Waals surface area contributed by atoms with Crippen LogP contribution in [0.2, 0.25) is 0 Å². The molecule has 3 atom stereocenters. The van der Waals surface area contributed by atoms with Crippen LogP contribution in [-0.2, 0) is 10.9 Å². The number of hydrogen-bond donors (Lipinski definition) is 4. The Morgan fingerprint density at radius 2 is 1.82 bits per heavy atom. The SMILES string of the molecule is Cc1c(F)c(N)cc(-c2nc(OC(C)CC3(C)CCN3)c3c(N)nc(N4CCC4(CO)COC(F)F)nc3c2F)c1C(F)(F)F. The Kier molecular flexibility index (Phi) is 8.41. The highest BCUT2D eigenvalue weighted by molar-refractivity contribution is 5.96. The molecule has 0 saturated carbocycles. The molecule has 2 aliphatic heterocycles. The van der Waals surface area contributed by atoms with Gasteiger partial charge in [0.25, 0.3) is 0 Å². The van der Waals surface area contributed by atoms with Gasteiger partial charge in [-0.15, -0.1) is 0 Å². The molecule has 4 heterocycles. The standard InChI is InChI=1S/C28H32F7N7O3/c1-12(9-26(3)4-6-38-26)45-23-16-21(40-25(41-22(16)37)42-7-5-27(42,10-43)11-44-24(31)32)19(30)20(39-23)14-8-15(36)18(29)13(2)17(14)28(33,34)35/h8,12,24,38,43H,4-7,9-11,36H2,1-3H3,(H2,37,40,41). The molecule has 0 aliphatic carbocycles. The van der Waals surface area contributed by atoms with Gasteiger partial charge in [0, 0.05) is 24.1 Å². The van der Waals surface area contributed by atoms with E-state index in [2.05, 4.69) is 25.0 Å². The minimum absolute atomic E-state index is 0.134. The molecule has 0 bridgehead atoms. The second-order valence-electron chi connectivity index (χ2n) is 11.8. The van der Waals surface area contributed by atoms with E-state index in [1.54, 1.807) is 6.92 Å². The summed E-state index contributed by atoms with van der Waals surface area (Å²) in [6, 6.07) is 0.633. The van der Waals surface area contributed by atoms with Gasteiger partial charge < -0.3 is 36.3 Å². The summed E-state index contributed by atoms with van der Waals surface area (Å²) in [5, 5.41) is 13.1. The Labute approximate surface area is 252 Å². The molecular formula is C28H32F7N7O3. The lowest BCUT2D eigenvalue weighted by molar-refractivity contribution is -0.150. The number of nitrogens with one attached hydrogen (secondary N) is 1. The van der Waals surface area contributed by atoms with Crippen LogP contribution in [0, 0.1) is 18.6 Å². The highest BCUT2D eigenvalue weighted by Crippen LogP contribution is 2.45. The minimum atomic E-state index is -5.14. The van der Waals surface area contributed by atoms with Crippen LogP contribution in [-0.4, -0.2) is 70.2 Å². The molecule has 17 heteroatoms. The van der Waals surface area contributed by atoms with Crippen molar-refractivity contribution in [1.29, 1.82) is 0 Å². The summed E-state index contributed by atoms with van der Waals surface area (Å²) < 4.78 is 110. The van der Waals surface area contributed by atoms with Crippen molar-refractivity contribution in [3.63, 3.8) is 0 Å². The average Bonchev–Trinajstić information content (AvgIpc) is 2.91. The maximum atomic E-state index is 16.4. The van der Waals surface area contributed by atoms with E-state index in [4.69, 9.17) is 16.2 Å². The largest absolute Gasteiger partial charge is 0.474 e. The quantitative estimate of drug-likeness (QED) is 0.183. The van der Waals surface area contributed by atoms with Gasteiger partial charge in [0.05, 0.1) is 36.1 Å². The van der Waals surface area contributed by atoms with E-state index in [0.29, 0.717) is 12.5 Å². The topological polar surface area (TPSA) is 145 Å². The lowest BCUT2D eigenvalue weighted by Gasteiger charge is -2.51. The summed E-state index contributed by atoms with van der Waals surface area (Å²) >= 11 is 0. The Balaban J connectivity index is 1.72. The number of nitrogens with zero attached hydrogens (tertiary/aromatic N) is 4. The predicted octanol–water partition coefficient (Wildman–Crippen LogP) is 4.55. The fourth-order valence-corrected chi connectivity index (χ4v) is 5.93. The fourth-order valence-electron chi connectivity index (χ4n) is 5.93. The number of aromatic nitrogens is 3. The number of hydrogen-bond acceptors (Lipinski definition) is 10. The van der Waals surface area contributed by atoms with E-state index >= 15 is 4.39 Å². The molecule has 2 fully saturated rings. The molecule has 6 N–H and O–H groups in total. The third kappa shape index (κ3) is 5.88. The molecule has 2 aromatic heterocycles. The van der Waals surface area contributed by atoms with Crippen molar-refractivity contribution in [1.82, 2.24) is 20.3 Å². The van der Waals surface area contributed by atoms with E-state index in [-0.39, 0.29) is 41.5 Å². The molecule has 10 nitrogen and oxygen atoms in total. The third-order valence-electron chi connectivity index (χ3n) is 8.50. The van der Waals surface area contributed by atoms with Crippen LogP contribution < -0.4 is 26.4 Å². The molecule has 1 aromatic carbocycles. The average molecular weight is 648 g/mol. The predicted molar refractivity (Wildman–Crippen MR) is 151 cm³/mol. The van der Waals surface area contributed by atoms with Gasteiger partial charge in [-0.2, -0.15) is 26.9 Å². The summed E-state index contributed by atoms with van der Waals surface area (Å²) in [6.07, 6.45) is -4.30. The van der Waals surface area contributed by atoms with Crippen molar-refractivity contribution in [2.24, 2.45) is 0 Å². The maximum Gasteiger partial charge on any atom is 0.417 e. The third-order valence-corrected chi connectivity index (χ3v) is 8.50. The van der Waals surface area contributed by atoms with Crippen LogP contribution >= 0.6 is 0 Å². The lowest BCUT2D eigenvalue weighted by Crippen LogP contribution is -2.66. The van der Waals surface area contributed by atoms with Gasteiger partial charge in [-0.1, -0.05) is 0 Å². The van der Waals surface area contributed by atoms with E-state index in [9.17, 15) is 31.4 Å². The van der Waals surface area contributed by atoms with E-state index < -0.39 is 82.9 Å². The molecule has 5 rings (SSSR count). The van der Waals surface area contributed by atoms with Gasteiger partial charge in [-0.3, -0.25) is 0 Å². The summed E-state index contributed by atoms with van der Waals surface area (Å²) in [7, 11) is 0. The van der Waals surface area contributed by atoms with Gasteiger partial charge in [-0.05, 0) is 51.8 Å². The van der Waals surface area contributed by atoms with E-state index in [1.807, 2.05) is 6.92 Å². The summed E-state index contributed by atoms with van der Waals surface area (Å²) in [5.41, 5.74) is 4.86. The molecule has 2 saturated heterocycles. The molecule has 3 unspecified atom stereocenters. The van der Waals surface area contributed by atoms with Crippen LogP contribution in [0.25, 0.3) is 22.2 Å². The maximum absolute atomic E-state index is 16.4. The monoisotopic (exact) mass is 647 g/mol. The number of aliphatic hydroxyl groups excluding tert-OH is 1. The fraction of sp³-hybridized carbons (Fsp3) is 0.536. The number of anilines is 3. The van der Waals surface area contributed by atoms with Crippen molar-refractivity contribution in [2.45, 2.75) is 70.0 Å². The molecule has 45 heavy (non-hydrogen) atoms. The first-order valence-electron chi connectivity index (χ1n) is 14.0. The van der Waals surface area contributed by atoms with Crippen molar-refractivity contribution in [3.05, 3.63) is 28.8 Å². The Morgan fingerprint density at radius 3 is 2.36 bits per heavy atom. The summed E-state index contributed by atoms with van der Waals surface area (Å²) in [6.45, 7) is 0.997. The smallest absolute Gasteiger partial charge is 0.417 e. The summed E-state index contributed by atoms with van der Waals surface area (Å²) in [5.74, 6) is -3.75. The molecule has 2 aliphatic rings. The minimum Gasteiger partial charge on any atom is -0.474 e. The highest BCUT2D eigenvalue weighted by Gasteiger charge is 2.47. The Bertz CT molecular complexity index is 1620. The molecular weight excluding hydrogens is 615 g/mol. The van der Waals surface area contributed by atoms with Gasteiger partial charge in [0.1, 0.15) is 28.2 Å². The second-order valence-corrected chi connectivity index (χ2v) is 11.8. The van der Waals surface area contributed by atoms with Gasteiger partial charge in [0.15, 0.2) is 5.82 Å². The van der Waals surface area contributed by atoms with E-state index in [1.165, 1.54) is 4.90 Å².